The number of anilines is 1. The van der Waals surface area contributed by atoms with Crippen LogP contribution >= 0.6 is 23.2 Å². The van der Waals surface area contributed by atoms with Gasteiger partial charge in [-0.3, -0.25) is 5.43 Å². The van der Waals surface area contributed by atoms with E-state index in [0.29, 0.717) is 16.4 Å². The van der Waals surface area contributed by atoms with Crippen molar-refractivity contribution in [3.05, 3.63) is 75.5 Å². The fraction of sp³-hybridized carbons (Fsp3) is 0.111. The van der Waals surface area contributed by atoms with Crippen LogP contribution in [0.2, 0.25) is 10.2 Å². The van der Waals surface area contributed by atoms with E-state index in [2.05, 4.69) is 15.6 Å². The molecule has 0 aliphatic heterocycles. The van der Waals surface area contributed by atoms with Crippen LogP contribution in [0.25, 0.3) is 5.69 Å². The SMILES string of the molecule is Cc1nn(-c2ccccc2)c(Cl)c1/C=N/Nc1cc(C(F)(F)F)ccc1Cl. The molecule has 1 heterocycles. The topological polar surface area (TPSA) is 42.2 Å². The maximum absolute atomic E-state index is 12.8. The lowest BCUT2D eigenvalue weighted by atomic mass is 10.2. The predicted octanol–water partition coefficient (Wildman–Crippen LogP) is 5.95. The van der Waals surface area contributed by atoms with E-state index < -0.39 is 11.7 Å². The van der Waals surface area contributed by atoms with E-state index in [-0.39, 0.29) is 10.7 Å². The Kier molecular flexibility index (Phi) is 5.43. The Morgan fingerprint density at radius 1 is 1.11 bits per heavy atom. The predicted molar refractivity (Wildman–Crippen MR) is 101 cm³/mol. The summed E-state index contributed by atoms with van der Waals surface area (Å²) in [7, 11) is 0. The zero-order valence-corrected chi connectivity index (χ0v) is 15.4. The van der Waals surface area contributed by atoms with Gasteiger partial charge in [0.25, 0.3) is 0 Å². The van der Waals surface area contributed by atoms with Gasteiger partial charge in [0.2, 0.25) is 0 Å². The molecular formula is C18H13Cl2F3N4. The molecular weight excluding hydrogens is 400 g/mol. The Bertz CT molecular complexity index is 982. The lowest BCUT2D eigenvalue weighted by Gasteiger charge is -2.09. The molecule has 0 unspecified atom stereocenters. The molecule has 3 rings (SSSR count). The van der Waals surface area contributed by atoms with Crippen LogP contribution in [0.15, 0.2) is 53.6 Å². The molecule has 0 saturated heterocycles. The Morgan fingerprint density at radius 2 is 1.81 bits per heavy atom. The largest absolute Gasteiger partial charge is 0.416 e. The Balaban J connectivity index is 1.85. The van der Waals surface area contributed by atoms with Crippen molar-refractivity contribution in [2.45, 2.75) is 13.1 Å². The molecule has 0 radical (unpaired) electrons. The summed E-state index contributed by atoms with van der Waals surface area (Å²) in [5.41, 5.74) is 3.66. The van der Waals surface area contributed by atoms with Crippen molar-refractivity contribution in [3.63, 3.8) is 0 Å². The highest BCUT2D eigenvalue weighted by Crippen LogP contribution is 2.33. The highest BCUT2D eigenvalue weighted by atomic mass is 35.5. The van der Waals surface area contributed by atoms with Crippen molar-refractivity contribution in [3.8, 4) is 5.69 Å². The summed E-state index contributed by atoms with van der Waals surface area (Å²) in [5, 5.41) is 8.77. The Morgan fingerprint density at radius 3 is 2.48 bits per heavy atom. The number of nitrogens with one attached hydrogen (secondary N) is 1. The standard InChI is InChI=1S/C18H13Cl2F3N4/c1-11-14(17(20)27(26-11)13-5-3-2-4-6-13)10-24-25-16-9-12(18(21,22)23)7-8-15(16)19/h2-10,25H,1H3/b24-10+. The van der Waals surface area contributed by atoms with Gasteiger partial charge in [0.05, 0.1) is 39.4 Å². The summed E-state index contributed by atoms with van der Waals surface area (Å²) in [6.45, 7) is 1.75. The summed E-state index contributed by atoms with van der Waals surface area (Å²) in [6.07, 6.45) is -3.08. The summed E-state index contributed by atoms with van der Waals surface area (Å²) >= 11 is 12.3. The van der Waals surface area contributed by atoms with Crippen LogP contribution in [0.4, 0.5) is 18.9 Å². The van der Waals surface area contributed by atoms with E-state index >= 15 is 0 Å². The summed E-state index contributed by atoms with van der Waals surface area (Å²) in [6, 6.07) is 12.2. The number of hydrogen-bond acceptors (Lipinski definition) is 3. The van der Waals surface area contributed by atoms with Crippen molar-refractivity contribution < 1.29 is 13.2 Å². The number of aromatic nitrogens is 2. The molecule has 0 spiro atoms. The molecule has 9 heteroatoms. The first-order valence-electron chi connectivity index (χ1n) is 7.73. The molecule has 140 valence electrons. The number of halogens is 5. The van der Waals surface area contributed by atoms with Gasteiger partial charge < -0.3 is 0 Å². The molecule has 0 atom stereocenters. The first-order chi connectivity index (χ1) is 12.8. The monoisotopic (exact) mass is 412 g/mol. The smallest absolute Gasteiger partial charge is 0.277 e. The Hall–Kier alpha value is -2.51. The number of nitrogens with zero attached hydrogens (tertiary/aromatic N) is 3. The highest BCUT2D eigenvalue weighted by Gasteiger charge is 2.30. The summed E-state index contributed by atoms with van der Waals surface area (Å²) in [4.78, 5) is 0. The number of hydrazone groups is 1. The molecule has 1 N–H and O–H groups in total. The van der Waals surface area contributed by atoms with Crippen molar-refractivity contribution in [2.75, 3.05) is 5.43 Å². The lowest BCUT2D eigenvalue weighted by molar-refractivity contribution is -0.137. The van der Waals surface area contributed by atoms with E-state index in [1.807, 2.05) is 30.3 Å². The van der Waals surface area contributed by atoms with Gasteiger partial charge in [-0.05, 0) is 37.3 Å². The van der Waals surface area contributed by atoms with Crippen LogP contribution in [0.1, 0.15) is 16.8 Å². The maximum Gasteiger partial charge on any atom is 0.416 e. The van der Waals surface area contributed by atoms with Gasteiger partial charge >= 0.3 is 6.18 Å². The molecule has 0 amide bonds. The third-order valence-electron chi connectivity index (χ3n) is 3.72. The van der Waals surface area contributed by atoms with Gasteiger partial charge in [0, 0.05) is 0 Å². The van der Waals surface area contributed by atoms with Gasteiger partial charge in [0.15, 0.2) is 0 Å². The quantitative estimate of drug-likeness (QED) is 0.424. The molecule has 27 heavy (non-hydrogen) atoms. The lowest BCUT2D eigenvalue weighted by Crippen LogP contribution is -2.05. The second-order valence-electron chi connectivity index (χ2n) is 5.60. The van der Waals surface area contributed by atoms with Crippen molar-refractivity contribution in [1.82, 2.24) is 9.78 Å². The molecule has 0 aliphatic carbocycles. The van der Waals surface area contributed by atoms with Gasteiger partial charge in [-0.1, -0.05) is 41.4 Å². The second kappa shape index (κ2) is 7.62. The average molecular weight is 413 g/mol. The normalized spacial score (nSPS) is 11.9. The molecule has 0 fully saturated rings. The average Bonchev–Trinajstić information content (AvgIpc) is 2.91. The van der Waals surface area contributed by atoms with Gasteiger partial charge in [0.1, 0.15) is 5.15 Å². The molecule has 3 aromatic rings. The van der Waals surface area contributed by atoms with Crippen LogP contribution < -0.4 is 5.43 Å². The molecule has 0 saturated carbocycles. The minimum absolute atomic E-state index is 0.0342. The van der Waals surface area contributed by atoms with E-state index in [1.54, 1.807) is 11.6 Å². The third kappa shape index (κ3) is 4.26. The van der Waals surface area contributed by atoms with Crippen molar-refractivity contribution >= 4 is 35.1 Å². The van der Waals surface area contributed by atoms with E-state index in [4.69, 9.17) is 23.2 Å². The minimum atomic E-state index is -4.47. The number of rotatable bonds is 4. The molecule has 0 bridgehead atoms. The molecule has 1 aromatic heterocycles. The Labute approximate surface area is 163 Å². The zero-order chi connectivity index (χ0) is 19.6. The van der Waals surface area contributed by atoms with Crippen LogP contribution in [0.5, 0.6) is 0 Å². The van der Waals surface area contributed by atoms with Gasteiger partial charge in [-0.2, -0.15) is 23.4 Å². The molecule has 4 nitrogen and oxygen atoms in total. The number of hydrogen-bond donors (Lipinski definition) is 1. The van der Waals surface area contributed by atoms with Crippen LogP contribution in [-0.4, -0.2) is 16.0 Å². The van der Waals surface area contributed by atoms with E-state index in [1.165, 1.54) is 6.21 Å². The van der Waals surface area contributed by atoms with E-state index in [0.717, 1.165) is 23.9 Å². The maximum atomic E-state index is 12.8. The number of benzene rings is 2. The fourth-order valence-corrected chi connectivity index (χ4v) is 2.83. The van der Waals surface area contributed by atoms with Crippen molar-refractivity contribution in [2.24, 2.45) is 5.10 Å². The summed E-state index contributed by atoms with van der Waals surface area (Å²) in [5.74, 6) is 0. The first kappa shape index (κ1) is 19.3. The van der Waals surface area contributed by atoms with Crippen LogP contribution in [0.3, 0.4) is 0 Å². The molecule has 0 aliphatic rings. The zero-order valence-electron chi connectivity index (χ0n) is 13.9. The highest BCUT2D eigenvalue weighted by molar-refractivity contribution is 6.33. The molecule has 2 aromatic carbocycles. The first-order valence-corrected chi connectivity index (χ1v) is 8.49. The number of aryl methyl sites for hydroxylation is 1. The van der Waals surface area contributed by atoms with Crippen LogP contribution in [0, 0.1) is 6.92 Å². The summed E-state index contributed by atoms with van der Waals surface area (Å²) < 4.78 is 40.0. The number of alkyl halides is 3. The van der Waals surface area contributed by atoms with Crippen molar-refractivity contribution in [1.29, 1.82) is 0 Å². The fourth-order valence-electron chi connectivity index (χ4n) is 2.35. The van der Waals surface area contributed by atoms with E-state index in [9.17, 15) is 13.2 Å². The minimum Gasteiger partial charge on any atom is -0.277 e. The van der Waals surface area contributed by atoms with Crippen LogP contribution in [-0.2, 0) is 6.18 Å². The second-order valence-corrected chi connectivity index (χ2v) is 6.36. The van der Waals surface area contributed by atoms with Gasteiger partial charge in [-0.15, -0.1) is 0 Å². The third-order valence-corrected chi connectivity index (χ3v) is 4.41. The van der Waals surface area contributed by atoms with Gasteiger partial charge in [-0.25, -0.2) is 4.68 Å². The number of para-hydroxylation sites is 1.